The van der Waals surface area contributed by atoms with Gasteiger partial charge >= 0.3 is 12.1 Å². The lowest BCUT2D eigenvalue weighted by Crippen LogP contribution is -2.37. The highest BCUT2D eigenvalue weighted by Gasteiger charge is 2.38. The van der Waals surface area contributed by atoms with Gasteiger partial charge in [0.25, 0.3) is 5.91 Å². The summed E-state index contributed by atoms with van der Waals surface area (Å²) in [7, 11) is 0. The van der Waals surface area contributed by atoms with Crippen LogP contribution in [0.1, 0.15) is 57.8 Å². The van der Waals surface area contributed by atoms with Gasteiger partial charge in [0.2, 0.25) is 0 Å². The number of carboxylic acids is 1. The number of benzene rings is 1. The van der Waals surface area contributed by atoms with Crippen LogP contribution in [0.5, 0.6) is 5.75 Å². The Morgan fingerprint density at radius 3 is 2.34 bits per heavy atom. The molecular weight excluding hydrogens is 445 g/mol. The lowest BCUT2D eigenvalue weighted by molar-refractivity contribution is -0.192. The Balaban J connectivity index is 0.000000360. The normalized spacial score (nSPS) is 19.3. The Bertz CT molecular complexity index is 933. The smallest absolute Gasteiger partial charge is 0.490 e. The third-order valence-electron chi connectivity index (χ3n) is 5.61. The van der Waals surface area contributed by atoms with Crippen molar-refractivity contribution in [1.29, 1.82) is 0 Å². The number of thiophene rings is 1. The molecule has 1 unspecified atom stereocenters. The first-order valence-electron chi connectivity index (χ1n) is 10.4. The van der Waals surface area contributed by atoms with Crippen LogP contribution in [0, 0.1) is 0 Å². The Kier molecular flexibility index (Phi) is 7.78. The van der Waals surface area contributed by atoms with E-state index in [4.69, 9.17) is 9.90 Å². The summed E-state index contributed by atoms with van der Waals surface area (Å²) in [6.07, 6.45) is -0.785. The van der Waals surface area contributed by atoms with E-state index in [0.717, 1.165) is 37.4 Å². The minimum absolute atomic E-state index is 0.170. The number of amides is 1. The molecule has 2 saturated heterocycles. The summed E-state index contributed by atoms with van der Waals surface area (Å²) in [6, 6.07) is 12.1. The molecule has 1 atom stereocenters. The van der Waals surface area contributed by atoms with Crippen molar-refractivity contribution in [3.63, 3.8) is 0 Å². The SMILES string of the molecule is O=C(O)C(F)(F)F.O=C(c1ccc(C2CCCN2)s1)N1CCC(c2cccc(O)c2)CC1. The summed E-state index contributed by atoms with van der Waals surface area (Å²) < 4.78 is 31.7. The topological polar surface area (TPSA) is 89.9 Å². The van der Waals surface area contributed by atoms with Gasteiger partial charge in [0.05, 0.1) is 4.88 Å². The van der Waals surface area contributed by atoms with E-state index < -0.39 is 12.1 Å². The number of hydrogen-bond donors (Lipinski definition) is 3. The quantitative estimate of drug-likeness (QED) is 0.613. The monoisotopic (exact) mass is 470 g/mol. The summed E-state index contributed by atoms with van der Waals surface area (Å²) in [5.74, 6) is -1.84. The number of phenolic OH excluding ortho intramolecular Hbond substituents is 1. The van der Waals surface area contributed by atoms with E-state index in [1.165, 1.54) is 23.3 Å². The second-order valence-corrected chi connectivity index (χ2v) is 8.93. The number of carboxylic acid groups (broad SMARTS) is 1. The van der Waals surface area contributed by atoms with Crippen molar-refractivity contribution in [3.05, 3.63) is 51.7 Å². The summed E-state index contributed by atoms with van der Waals surface area (Å²) in [4.78, 5) is 25.8. The molecule has 1 amide bonds. The minimum atomic E-state index is -5.08. The van der Waals surface area contributed by atoms with E-state index in [-0.39, 0.29) is 5.91 Å². The van der Waals surface area contributed by atoms with Crippen LogP contribution in [0.15, 0.2) is 36.4 Å². The van der Waals surface area contributed by atoms with Crippen molar-refractivity contribution in [3.8, 4) is 5.75 Å². The van der Waals surface area contributed by atoms with Crippen molar-refractivity contribution >= 4 is 23.2 Å². The number of piperidine rings is 1. The lowest BCUT2D eigenvalue weighted by Gasteiger charge is -2.32. The number of hydrogen-bond acceptors (Lipinski definition) is 5. The molecule has 32 heavy (non-hydrogen) atoms. The van der Waals surface area contributed by atoms with Gasteiger partial charge in [-0.3, -0.25) is 4.79 Å². The molecule has 1 aromatic carbocycles. The molecule has 0 radical (unpaired) electrons. The first kappa shape index (κ1) is 24.1. The van der Waals surface area contributed by atoms with Gasteiger partial charge in [0.15, 0.2) is 0 Å². The Hall–Kier alpha value is -2.59. The number of rotatable bonds is 3. The van der Waals surface area contributed by atoms with Crippen LogP contribution in [0.25, 0.3) is 0 Å². The van der Waals surface area contributed by atoms with E-state index in [2.05, 4.69) is 17.4 Å². The van der Waals surface area contributed by atoms with Gasteiger partial charge in [-0.15, -0.1) is 11.3 Å². The van der Waals surface area contributed by atoms with Gasteiger partial charge in [0, 0.05) is 24.0 Å². The molecule has 2 aliphatic heterocycles. The van der Waals surface area contributed by atoms with E-state index in [0.29, 0.717) is 17.7 Å². The second-order valence-electron chi connectivity index (χ2n) is 7.82. The molecule has 3 N–H and O–H groups in total. The Labute approximate surface area is 187 Å². The van der Waals surface area contributed by atoms with Gasteiger partial charge < -0.3 is 20.4 Å². The molecular formula is C22H25F3N2O4S. The average Bonchev–Trinajstić information content (AvgIpc) is 3.45. The van der Waals surface area contributed by atoms with E-state index >= 15 is 0 Å². The maximum absolute atomic E-state index is 12.8. The molecule has 0 aliphatic carbocycles. The molecule has 0 saturated carbocycles. The van der Waals surface area contributed by atoms with Crippen LogP contribution in [0.3, 0.4) is 0 Å². The Morgan fingerprint density at radius 1 is 1.09 bits per heavy atom. The largest absolute Gasteiger partial charge is 0.508 e. The number of aliphatic carboxylic acids is 1. The number of nitrogens with zero attached hydrogens (tertiary/aromatic N) is 1. The van der Waals surface area contributed by atoms with Crippen molar-refractivity contribution in [2.75, 3.05) is 19.6 Å². The number of likely N-dealkylation sites (tertiary alicyclic amines) is 1. The Morgan fingerprint density at radius 2 is 1.78 bits per heavy atom. The molecule has 10 heteroatoms. The first-order chi connectivity index (χ1) is 15.1. The number of phenols is 1. The van der Waals surface area contributed by atoms with E-state index in [9.17, 15) is 23.1 Å². The maximum atomic E-state index is 12.8. The summed E-state index contributed by atoms with van der Waals surface area (Å²) in [5.41, 5.74) is 1.18. The molecule has 2 aliphatic rings. The fraction of sp³-hybridized carbons (Fsp3) is 0.455. The highest BCUT2D eigenvalue weighted by molar-refractivity contribution is 7.14. The third-order valence-corrected chi connectivity index (χ3v) is 6.79. The van der Waals surface area contributed by atoms with Crippen molar-refractivity contribution < 1.29 is 33.0 Å². The zero-order valence-corrected chi connectivity index (χ0v) is 18.1. The molecule has 0 bridgehead atoms. The number of carbonyl (C=O) groups excluding carboxylic acids is 1. The van der Waals surface area contributed by atoms with Gasteiger partial charge in [-0.25, -0.2) is 4.79 Å². The van der Waals surface area contributed by atoms with Crippen LogP contribution in [0.4, 0.5) is 13.2 Å². The molecule has 6 nitrogen and oxygen atoms in total. The van der Waals surface area contributed by atoms with Gasteiger partial charge in [0.1, 0.15) is 5.75 Å². The van der Waals surface area contributed by atoms with Crippen LogP contribution < -0.4 is 5.32 Å². The number of aromatic hydroxyl groups is 1. The van der Waals surface area contributed by atoms with Crippen LogP contribution in [-0.2, 0) is 4.79 Å². The van der Waals surface area contributed by atoms with Gasteiger partial charge in [-0.2, -0.15) is 13.2 Å². The zero-order chi connectivity index (χ0) is 23.3. The number of alkyl halides is 3. The van der Waals surface area contributed by atoms with E-state index in [1.54, 1.807) is 17.4 Å². The molecule has 4 rings (SSSR count). The predicted octanol–water partition coefficient (Wildman–Crippen LogP) is 4.53. The van der Waals surface area contributed by atoms with Gasteiger partial charge in [-0.1, -0.05) is 12.1 Å². The standard InChI is InChI=1S/C20H24N2O2S.C2HF3O2/c23-16-4-1-3-15(13-16)14-8-11-22(12-9-14)20(24)19-7-6-18(25-19)17-5-2-10-21-17;3-2(4,5)1(6)7/h1,3-4,6-7,13-14,17,21,23H,2,5,8-12H2;(H,6,7). The molecule has 1 aromatic heterocycles. The van der Waals surface area contributed by atoms with Crippen LogP contribution >= 0.6 is 11.3 Å². The lowest BCUT2D eigenvalue weighted by atomic mass is 9.89. The summed E-state index contributed by atoms with van der Waals surface area (Å²) in [5, 5.41) is 20.3. The zero-order valence-electron chi connectivity index (χ0n) is 17.3. The second kappa shape index (κ2) is 10.4. The van der Waals surface area contributed by atoms with Crippen LogP contribution in [0.2, 0.25) is 0 Å². The molecule has 0 spiro atoms. The maximum Gasteiger partial charge on any atom is 0.490 e. The van der Waals surface area contributed by atoms with Gasteiger partial charge in [-0.05, 0) is 68.0 Å². The minimum Gasteiger partial charge on any atom is -0.508 e. The van der Waals surface area contributed by atoms with E-state index in [1.807, 2.05) is 23.1 Å². The first-order valence-corrected chi connectivity index (χ1v) is 11.2. The van der Waals surface area contributed by atoms with Crippen LogP contribution in [-0.4, -0.2) is 52.8 Å². The number of carbonyl (C=O) groups is 2. The third kappa shape index (κ3) is 6.23. The molecule has 3 heterocycles. The highest BCUT2D eigenvalue weighted by Crippen LogP contribution is 2.33. The number of nitrogens with one attached hydrogen (secondary N) is 1. The van der Waals surface area contributed by atoms with Crippen molar-refractivity contribution in [2.24, 2.45) is 0 Å². The predicted molar refractivity (Wildman–Crippen MR) is 114 cm³/mol. The molecule has 174 valence electrons. The fourth-order valence-corrected chi connectivity index (χ4v) is 5.02. The molecule has 2 fully saturated rings. The molecule has 2 aromatic rings. The van der Waals surface area contributed by atoms with Crippen molar-refractivity contribution in [2.45, 2.75) is 43.8 Å². The highest BCUT2D eigenvalue weighted by atomic mass is 32.1. The van der Waals surface area contributed by atoms with Crippen molar-refractivity contribution in [1.82, 2.24) is 10.2 Å². The summed E-state index contributed by atoms with van der Waals surface area (Å²) >= 11 is 1.64. The number of halogens is 3. The fourth-order valence-electron chi connectivity index (χ4n) is 3.93. The average molecular weight is 471 g/mol. The summed E-state index contributed by atoms with van der Waals surface area (Å²) in [6.45, 7) is 2.65.